The van der Waals surface area contributed by atoms with Crippen LogP contribution in [-0.2, 0) is 9.53 Å². The van der Waals surface area contributed by atoms with Crippen LogP contribution in [0.2, 0.25) is 5.02 Å². The molecule has 0 aliphatic rings. The maximum atomic E-state index is 12.0. The van der Waals surface area contributed by atoms with E-state index in [4.69, 9.17) is 16.3 Å². The van der Waals surface area contributed by atoms with Crippen LogP contribution in [0.1, 0.15) is 17.8 Å². The van der Waals surface area contributed by atoms with Gasteiger partial charge in [-0.05, 0) is 36.6 Å². The highest BCUT2D eigenvalue weighted by Gasteiger charge is 2.22. The molecule has 0 bridgehead atoms. The first kappa shape index (κ1) is 13.9. The third kappa shape index (κ3) is 3.72. The van der Waals surface area contributed by atoms with Crippen molar-refractivity contribution in [1.29, 1.82) is 0 Å². The summed E-state index contributed by atoms with van der Waals surface area (Å²) in [5.41, 5.74) is 0.791. The van der Waals surface area contributed by atoms with Crippen LogP contribution in [0.4, 0.5) is 5.69 Å². The summed E-state index contributed by atoms with van der Waals surface area (Å²) < 4.78 is 5.10. The predicted molar refractivity (Wildman–Crippen MR) is 78.8 cm³/mol. The molecule has 2 aromatic rings. The molecule has 1 heterocycles. The number of esters is 1. The van der Waals surface area contributed by atoms with E-state index in [9.17, 15) is 4.79 Å². The smallest absolute Gasteiger partial charge is 0.334 e. The van der Waals surface area contributed by atoms with Gasteiger partial charge in [-0.15, -0.1) is 11.3 Å². The minimum Gasteiger partial charge on any atom is -0.464 e. The minimum atomic E-state index is -0.501. The zero-order valence-electron chi connectivity index (χ0n) is 10.4. The number of thiophene rings is 1. The lowest BCUT2D eigenvalue weighted by molar-refractivity contribution is -0.144. The Kier molecular flexibility index (Phi) is 4.82. The molecule has 0 radical (unpaired) electrons. The topological polar surface area (TPSA) is 38.3 Å². The van der Waals surface area contributed by atoms with Crippen molar-refractivity contribution in [2.24, 2.45) is 0 Å². The van der Waals surface area contributed by atoms with Crippen LogP contribution in [-0.4, -0.2) is 12.6 Å². The molecule has 1 aromatic carbocycles. The van der Waals surface area contributed by atoms with Crippen molar-refractivity contribution in [3.63, 3.8) is 0 Å². The lowest BCUT2D eigenvalue weighted by Crippen LogP contribution is -2.22. The number of rotatable bonds is 5. The highest BCUT2D eigenvalue weighted by atomic mass is 35.5. The summed E-state index contributed by atoms with van der Waals surface area (Å²) in [7, 11) is 0. The molecular formula is C14H14ClNO2S. The van der Waals surface area contributed by atoms with Crippen LogP contribution in [0.5, 0.6) is 0 Å². The second-order valence-corrected chi connectivity index (χ2v) is 5.27. The van der Waals surface area contributed by atoms with Gasteiger partial charge in [0.15, 0.2) is 6.04 Å². The number of carbonyl (C=O) groups is 1. The molecule has 0 aliphatic heterocycles. The lowest BCUT2D eigenvalue weighted by Gasteiger charge is -2.17. The summed E-state index contributed by atoms with van der Waals surface area (Å²) in [5.74, 6) is -0.287. The highest BCUT2D eigenvalue weighted by Crippen LogP contribution is 2.26. The van der Waals surface area contributed by atoms with E-state index in [1.165, 1.54) is 11.3 Å². The van der Waals surface area contributed by atoms with Crippen LogP contribution >= 0.6 is 22.9 Å². The van der Waals surface area contributed by atoms with Crippen molar-refractivity contribution in [2.45, 2.75) is 13.0 Å². The van der Waals surface area contributed by atoms with E-state index >= 15 is 0 Å². The zero-order chi connectivity index (χ0) is 13.7. The molecule has 1 unspecified atom stereocenters. The van der Waals surface area contributed by atoms with Crippen molar-refractivity contribution in [2.75, 3.05) is 11.9 Å². The third-order valence-electron chi connectivity index (χ3n) is 2.49. The Morgan fingerprint density at radius 3 is 2.89 bits per heavy atom. The first-order valence-corrected chi connectivity index (χ1v) is 7.18. The van der Waals surface area contributed by atoms with Crippen molar-refractivity contribution < 1.29 is 9.53 Å². The summed E-state index contributed by atoms with van der Waals surface area (Å²) in [6, 6.07) is 10.6. The fourth-order valence-corrected chi connectivity index (χ4v) is 2.63. The summed E-state index contributed by atoms with van der Waals surface area (Å²) in [6.45, 7) is 2.15. The van der Waals surface area contributed by atoms with Gasteiger partial charge in [0.2, 0.25) is 0 Å². The summed E-state index contributed by atoms with van der Waals surface area (Å²) in [6.07, 6.45) is 0. The van der Waals surface area contributed by atoms with Crippen LogP contribution in [0.3, 0.4) is 0 Å². The van der Waals surface area contributed by atoms with E-state index in [1.807, 2.05) is 29.6 Å². The molecule has 100 valence electrons. The Morgan fingerprint density at radius 1 is 1.42 bits per heavy atom. The van der Waals surface area contributed by atoms with Gasteiger partial charge >= 0.3 is 5.97 Å². The Hall–Kier alpha value is -1.52. The van der Waals surface area contributed by atoms with E-state index in [1.54, 1.807) is 19.1 Å². The number of hydrogen-bond acceptors (Lipinski definition) is 4. The molecule has 5 heteroatoms. The molecule has 0 spiro atoms. The Balaban J connectivity index is 2.21. The maximum Gasteiger partial charge on any atom is 0.334 e. The van der Waals surface area contributed by atoms with Crippen molar-refractivity contribution in [3.8, 4) is 0 Å². The van der Waals surface area contributed by atoms with Gasteiger partial charge in [0.1, 0.15) is 0 Å². The van der Waals surface area contributed by atoms with Gasteiger partial charge in [0, 0.05) is 15.6 Å². The number of nitrogens with one attached hydrogen (secondary N) is 1. The summed E-state index contributed by atoms with van der Waals surface area (Å²) in [4.78, 5) is 12.9. The van der Waals surface area contributed by atoms with E-state index in [2.05, 4.69) is 5.32 Å². The van der Waals surface area contributed by atoms with Crippen LogP contribution in [0, 0.1) is 0 Å². The van der Waals surface area contributed by atoms with Crippen LogP contribution in [0.25, 0.3) is 0 Å². The monoisotopic (exact) mass is 295 g/mol. The fraction of sp³-hybridized carbons (Fsp3) is 0.214. The van der Waals surface area contributed by atoms with Gasteiger partial charge < -0.3 is 10.1 Å². The van der Waals surface area contributed by atoms with E-state index in [0.717, 1.165) is 10.6 Å². The molecule has 0 saturated carbocycles. The van der Waals surface area contributed by atoms with Crippen molar-refractivity contribution in [3.05, 3.63) is 51.7 Å². The number of halogens is 1. The van der Waals surface area contributed by atoms with E-state index < -0.39 is 6.04 Å². The Bertz CT molecular complexity index is 542. The molecule has 0 saturated heterocycles. The number of benzene rings is 1. The maximum absolute atomic E-state index is 12.0. The molecule has 1 atom stereocenters. The third-order valence-corrected chi connectivity index (χ3v) is 3.66. The SMILES string of the molecule is CCOC(=O)C(Nc1cccc(Cl)c1)c1cccs1. The predicted octanol–water partition coefficient (Wildman–Crippen LogP) is 4.12. The summed E-state index contributed by atoms with van der Waals surface area (Å²) in [5, 5.41) is 5.71. The lowest BCUT2D eigenvalue weighted by atomic mass is 10.2. The number of ether oxygens (including phenoxy) is 1. The minimum absolute atomic E-state index is 0.287. The molecule has 1 aromatic heterocycles. The Morgan fingerprint density at radius 2 is 2.26 bits per heavy atom. The normalized spacial score (nSPS) is 11.9. The molecule has 0 amide bonds. The number of hydrogen-bond donors (Lipinski definition) is 1. The quantitative estimate of drug-likeness (QED) is 0.843. The molecule has 0 aliphatic carbocycles. The summed E-state index contributed by atoms with van der Waals surface area (Å²) >= 11 is 7.45. The van der Waals surface area contributed by atoms with Crippen LogP contribution < -0.4 is 5.32 Å². The molecule has 19 heavy (non-hydrogen) atoms. The highest BCUT2D eigenvalue weighted by molar-refractivity contribution is 7.10. The first-order valence-electron chi connectivity index (χ1n) is 5.93. The second-order valence-electron chi connectivity index (χ2n) is 3.86. The fourth-order valence-electron chi connectivity index (χ4n) is 1.67. The van der Waals surface area contributed by atoms with Gasteiger partial charge in [-0.2, -0.15) is 0 Å². The molecule has 3 nitrogen and oxygen atoms in total. The first-order chi connectivity index (χ1) is 9.20. The van der Waals surface area contributed by atoms with Gasteiger partial charge in [-0.25, -0.2) is 4.79 Å². The number of anilines is 1. The van der Waals surface area contributed by atoms with Gasteiger partial charge in [-0.1, -0.05) is 23.7 Å². The van der Waals surface area contributed by atoms with Gasteiger partial charge in [0.25, 0.3) is 0 Å². The average Bonchev–Trinajstić information content (AvgIpc) is 2.90. The van der Waals surface area contributed by atoms with Gasteiger partial charge in [-0.3, -0.25) is 0 Å². The van der Waals surface area contributed by atoms with E-state index in [-0.39, 0.29) is 5.97 Å². The molecule has 0 fully saturated rings. The average molecular weight is 296 g/mol. The Labute approximate surface area is 121 Å². The number of carbonyl (C=O) groups excluding carboxylic acids is 1. The van der Waals surface area contributed by atoms with Crippen molar-refractivity contribution in [1.82, 2.24) is 0 Å². The molecule has 1 N–H and O–H groups in total. The zero-order valence-corrected chi connectivity index (χ0v) is 12.0. The van der Waals surface area contributed by atoms with Crippen LogP contribution in [0.15, 0.2) is 41.8 Å². The largest absolute Gasteiger partial charge is 0.464 e. The van der Waals surface area contributed by atoms with Crippen molar-refractivity contribution >= 4 is 34.6 Å². The van der Waals surface area contributed by atoms with E-state index in [0.29, 0.717) is 11.6 Å². The second kappa shape index (κ2) is 6.59. The molecular weight excluding hydrogens is 282 g/mol. The van der Waals surface area contributed by atoms with Gasteiger partial charge in [0.05, 0.1) is 6.61 Å². The molecule has 2 rings (SSSR count). The standard InChI is InChI=1S/C14H14ClNO2S/c1-2-18-14(17)13(12-7-4-8-19-12)16-11-6-3-5-10(15)9-11/h3-9,13,16H,2H2,1H3.